The van der Waals surface area contributed by atoms with Crippen LogP contribution in [0.25, 0.3) is 0 Å². The van der Waals surface area contributed by atoms with E-state index in [-0.39, 0.29) is 18.6 Å². The van der Waals surface area contributed by atoms with Crippen molar-refractivity contribution < 1.29 is 9.90 Å². The van der Waals surface area contributed by atoms with Gasteiger partial charge in [-0.05, 0) is 96.1 Å². The summed E-state index contributed by atoms with van der Waals surface area (Å²) in [5.74, 6) is 0.480. The van der Waals surface area contributed by atoms with Gasteiger partial charge in [-0.1, -0.05) is 30.3 Å². The molecule has 4 rings (SSSR count). The maximum Gasteiger partial charge on any atom is 0.226 e. The zero-order chi connectivity index (χ0) is 21.5. The molecule has 0 aliphatic carbocycles. The van der Waals surface area contributed by atoms with Crippen LogP contribution in [-0.4, -0.2) is 83.7 Å². The van der Waals surface area contributed by atoms with E-state index in [1.54, 1.807) is 0 Å². The fourth-order valence-corrected chi connectivity index (χ4v) is 5.89. The maximum atomic E-state index is 13.0. The molecule has 0 radical (unpaired) electrons. The zero-order valence-corrected chi connectivity index (χ0v) is 19.1. The molecule has 1 aromatic rings. The summed E-state index contributed by atoms with van der Waals surface area (Å²) in [4.78, 5) is 20.3. The predicted molar refractivity (Wildman–Crippen MR) is 125 cm³/mol. The number of carbonyl (C=O) groups is 1. The van der Waals surface area contributed by atoms with Crippen molar-refractivity contribution >= 4 is 5.91 Å². The van der Waals surface area contributed by atoms with E-state index in [9.17, 15) is 9.90 Å². The molecule has 3 heterocycles. The van der Waals surface area contributed by atoms with Gasteiger partial charge in [0.1, 0.15) is 0 Å². The third-order valence-electron chi connectivity index (χ3n) is 7.86. The van der Waals surface area contributed by atoms with Crippen LogP contribution in [0.2, 0.25) is 0 Å². The summed E-state index contributed by atoms with van der Waals surface area (Å²) in [5.41, 5.74) is 1.45. The highest BCUT2D eigenvalue weighted by Crippen LogP contribution is 2.27. The molecule has 0 unspecified atom stereocenters. The molecular weight excluding hydrogens is 386 g/mol. The number of aliphatic hydroxyl groups is 1. The number of benzene rings is 1. The minimum absolute atomic E-state index is 0.0606. The van der Waals surface area contributed by atoms with Crippen molar-refractivity contribution in [3.63, 3.8) is 0 Å². The molecule has 1 aromatic carbocycles. The van der Waals surface area contributed by atoms with Crippen LogP contribution >= 0.6 is 0 Å². The molecule has 0 bridgehead atoms. The van der Waals surface area contributed by atoms with E-state index >= 15 is 0 Å². The Morgan fingerprint density at radius 3 is 2.35 bits per heavy atom. The van der Waals surface area contributed by atoms with Gasteiger partial charge in [0.15, 0.2) is 0 Å². The van der Waals surface area contributed by atoms with Crippen LogP contribution in [0, 0.1) is 5.92 Å². The molecule has 0 aromatic heterocycles. The SMILES string of the molecule is O=C(C1CCN(C2CCN(CCCc3ccccc3)CC2)CC1)N1CCCC[C@@H]1CO. The van der Waals surface area contributed by atoms with Crippen molar-refractivity contribution in [1.82, 2.24) is 14.7 Å². The smallest absolute Gasteiger partial charge is 0.226 e. The van der Waals surface area contributed by atoms with Gasteiger partial charge >= 0.3 is 0 Å². The summed E-state index contributed by atoms with van der Waals surface area (Å²) in [6.07, 6.45) is 10.1. The number of aryl methyl sites for hydroxylation is 1. The van der Waals surface area contributed by atoms with E-state index in [0.29, 0.717) is 11.9 Å². The number of carbonyl (C=O) groups excluding carboxylic acids is 1. The summed E-state index contributed by atoms with van der Waals surface area (Å²) >= 11 is 0. The Hall–Kier alpha value is -1.43. The molecule has 172 valence electrons. The van der Waals surface area contributed by atoms with E-state index in [4.69, 9.17) is 0 Å². The van der Waals surface area contributed by atoms with E-state index in [1.807, 2.05) is 4.90 Å². The van der Waals surface area contributed by atoms with Crippen LogP contribution in [0.5, 0.6) is 0 Å². The lowest BCUT2D eigenvalue weighted by Gasteiger charge is -2.43. The topological polar surface area (TPSA) is 47.0 Å². The minimum Gasteiger partial charge on any atom is -0.394 e. The summed E-state index contributed by atoms with van der Waals surface area (Å²) in [6.45, 7) is 6.72. The van der Waals surface area contributed by atoms with Gasteiger partial charge in [-0.2, -0.15) is 0 Å². The van der Waals surface area contributed by atoms with Gasteiger partial charge in [-0.25, -0.2) is 0 Å². The largest absolute Gasteiger partial charge is 0.394 e. The molecule has 3 fully saturated rings. The number of aliphatic hydroxyl groups excluding tert-OH is 1. The zero-order valence-electron chi connectivity index (χ0n) is 19.1. The molecule has 3 saturated heterocycles. The van der Waals surface area contributed by atoms with Crippen LogP contribution in [0.3, 0.4) is 0 Å². The Morgan fingerprint density at radius 1 is 0.903 bits per heavy atom. The first kappa shape index (κ1) is 22.8. The lowest BCUT2D eigenvalue weighted by Crippen LogP contribution is -2.52. The molecule has 1 N–H and O–H groups in total. The Balaban J connectivity index is 1.15. The second-order valence-electron chi connectivity index (χ2n) is 9.84. The molecule has 5 nitrogen and oxygen atoms in total. The molecule has 0 saturated carbocycles. The molecule has 3 aliphatic heterocycles. The second kappa shape index (κ2) is 11.4. The molecule has 1 atom stereocenters. The van der Waals surface area contributed by atoms with Gasteiger partial charge < -0.3 is 19.8 Å². The van der Waals surface area contributed by atoms with Gasteiger partial charge in [0, 0.05) is 18.5 Å². The molecule has 3 aliphatic rings. The number of hydrogen-bond donors (Lipinski definition) is 1. The highest BCUT2D eigenvalue weighted by molar-refractivity contribution is 5.79. The van der Waals surface area contributed by atoms with Crippen LogP contribution in [0.15, 0.2) is 30.3 Å². The molecule has 1 amide bonds. The standard InChI is InChI=1S/C26H41N3O2/c30-21-25-10-4-5-16-29(25)26(31)23-11-19-28(20-12-23)24-13-17-27(18-14-24)15-6-9-22-7-2-1-3-8-22/h1-3,7-8,23-25,30H,4-6,9-21H2/t25-/m1/s1. The fourth-order valence-electron chi connectivity index (χ4n) is 5.89. The number of piperidine rings is 3. The van der Waals surface area contributed by atoms with Crippen molar-refractivity contribution in [1.29, 1.82) is 0 Å². The quantitative estimate of drug-likeness (QED) is 0.726. The van der Waals surface area contributed by atoms with Gasteiger partial charge in [-0.3, -0.25) is 4.79 Å². The second-order valence-corrected chi connectivity index (χ2v) is 9.84. The third-order valence-corrected chi connectivity index (χ3v) is 7.86. The number of hydrogen-bond acceptors (Lipinski definition) is 4. The first-order valence-electron chi connectivity index (χ1n) is 12.7. The van der Waals surface area contributed by atoms with Crippen LogP contribution in [-0.2, 0) is 11.2 Å². The molecule has 31 heavy (non-hydrogen) atoms. The Kier molecular flexibility index (Phi) is 8.40. The van der Waals surface area contributed by atoms with E-state index in [2.05, 4.69) is 40.1 Å². The van der Waals surface area contributed by atoms with Crippen LogP contribution in [0.4, 0.5) is 0 Å². The predicted octanol–water partition coefficient (Wildman–Crippen LogP) is 3.17. The van der Waals surface area contributed by atoms with Gasteiger partial charge in [-0.15, -0.1) is 0 Å². The molecule has 0 spiro atoms. The van der Waals surface area contributed by atoms with Gasteiger partial charge in [0.05, 0.1) is 12.6 Å². The normalized spacial score (nSPS) is 25.1. The van der Waals surface area contributed by atoms with Crippen molar-refractivity contribution in [3.8, 4) is 0 Å². The summed E-state index contributed by atoms with van der Waals surface area (Å²) in [7, 11) is 0. The van der Waals surface area contributed by atoms with Crippen LogP contribution < -0.4 is 0 Å². The van der Waals surface area contributed by atoms with Crippen molar-refractivity contribution in [2.75, 3.05) is 45.9 Å². The lowest BCUT2D eigenvalue weighted by molar-refractivity contribution is -0.142. The van der Waals surface area contributed by atoms with Crippen molar-refractivity contribution in [2.45, 2.75) is 69.9 Å². The average Bonchev–Trinajstić information content (AvgIpc) is 2.85. The Morgan fingerprint density at radius 2 is 1.65 bits per heavy atom. The van der Waals surface area contributed by atoms with E-state index < -0.39 is 0 Å². The monoisotopic (exact) mass is 427 g/mol. The molecular formula is C26H41N3O2. The first-order valence-corrected chi connectivity index (χ1v) is 12.7. The highest BCUT2D eigenvalue weighted by atomic mass is 16.3. The minimum atomic E-state index is 0.0606. The average molecular weight is 428 g/mol. The fraction of sp³-hybridized carbons (Fsp3) is 0.731. The van der Waals surface area contributed by atoms with Crippen LogP contribution in [0.1, 0.15) is 56.9 Å². The number of nitrogens with zero attached hydrogens (tertiary/aromatic N) is 3. The number of rotatable bonds is 7. The van der Waals surface area contributed by atoms with Gasteiger partial charge in [0.2, 0.25) is 5.91 Å². The number of likely N-dealkylation sites (tertiary alicyclic amines) is 3. The van der Waals surface area contributed by atoms with Crippen molar-refractivity contribution in [2.24, 2.45) is 5.92 Å². The van der Waals surface area contributed by atoms with Crippen molar-refractivity contribution in [3.05, 3.63) is 35.9 Å². The summed E-state index contributed by atoms with van der Waals surface area (Å²) in [6, 6.07) is 11.6. The Labute approximate surface area is 188 Å². The third kappa shape index (κ3) is 6.09. The summed E-state index contributed by atoms with van der Waals surface area (Å²) < 4.78 is 0. The van der Waals surface area contributed by atoms with E-state index in [0.717, 1.165) is 51.7 Å². The highest BCUT2D eigenvalue weighted by Gasteiger charge is 2.35. The maximum absolute atomic E-state index is 13.0. The molecule has 5 heteroatoms. The van der Waals surface area contributed by atoms with E-state index in [1.165, 1.54) is 50.9 Å². The summed E-state index contributed by atoms with van der Waals surface area (Å²) in [5, 5.41) is 9.65. The Bertz CT molecular complexity index is 666. The van der Waals surface area contributed by atoms with Gasteiger partial charge in [0.25, 0.3) is 0 Å². The number of amides is 1. The first-order chi connectivity index (χ1) is 15.2. The lowest BCUT2D eigenvalue weighted by atomic mass is 9.90.